The molecule has 2 rings (SSSR count). The molecule has 0 unspecified atom stereocenters. The van der Waals surface area contributed by atoms with Gasteiger partial charge in [0, 0.05) is 16.8 Å². The van der Waals surface area contributed by atoms with Crippen molar-refractivity contribution in [2.75, 3.05) is 5.32 Å². The molecule has 0 aromatic heterocycles. The highest BCUT2D eigenvalue weighted by Crippen LogP contribution is 2.21. The van der Waals surface area contributed by atoms with E-state index in [-0.39, 0.29) is 6.03 Å². The van der Waals surface area contributed by atoms with E-state index in [1.807, 2.05) is 19.1 Å². The first-order chi connectivity index (χ1) is 7.65. The van der Waals surface area contributed by atoms with Crippen molar-refractivity contribution in [2.24, 2.45) is 0 Å². The van der Waals surface area contributed by atoms with Crippen LogP contribution in [0.5, 0.6) is 0 Å². The van der Waals surface area contributed by atoms with Crippen LogP contribution in [-0.4, -0.2) is 12.1 Å². The van der Waals surface area contributed by atoms with Crippen LogP contribution in [0.2, 0.25) is 5.02 Å². The topological polar surface area (TPSA) is 41.1 Å². The van der Waals surface area contributed by atoms with Crippen molar-refractivity contribution in [1.29, 1.82) is 0 Å². The highest BCUT2D eigenvalue weighted by Gasteiger charge is 2.19. The number of hydrogen-bond acceptors (Lipinski definition) is 1. The van der Waals surface area contributed by atoms with Crippen molar-refractivity contribution in [3.8, 4) is 0 Å². The van der Waals surface area contributed by atoms with Crippen molar-refractivity contribution in [3.05, 3.63) is 28.8 Å². The molecule has 0 heterocycles. The van der Waals surface area contributed by atoms with Gasteiger partial charge in [0.15, 0.2) is 0 Å². The Hall–Kier alpha value is -1.22. The maximum Gasteiger partial charge on any atom is 0.319 e. The smallest absolute Gasteiger partial charge is 0.319 e. The number of nitrogens with one attached hydrogen (secondary N) is 2. The number of aryl methyl sites for hydroxylation is 1. The third-order valence-corrected chi connectivity index (χ3v) is 3.12. The van der Waals surface area contributed by atoms with Gasteiger partial charge in [0.05, 0.1) is 0 Å². The Balaban J connectivity index is 1.96. The molecule has 0 atom stereocenters. The molecule has 0 saturated heterocycles. The second-order valence-electron chi connectivity index (χ2n) is 4.19. The molecule has 0 radical (unpaired) electrons. The van der Waals surface area contributed by atoms with Crippen molar-refractivity contribution < 1.29 is 4.79 Å². The van der Waals surface area contributed by atoms with Gasteiger partial charge in [-0.25, -0.2) is 4.79 Å². The monoisotopic (exact) mass is 238 g/mol. The summed E-state index contributed by atoms with van der Waals surface area (Å²) in [5.74, 6) is 0. The molecule has 1 aromatic rings. The largest absolute Gasteiger partial charge is 0.335 e. The summed E-state index contributed by atoms with van der Waals surface area (Å²) in [5, 5.41) is 6.36. The molecule has 1 fully saturated rings. The quantitative estimate of drug-likeness (QED) is 0.815. The predicted molar refractivity (Wildman–Crippen MR) is 66.0 cm³/mol. The van der Waals surface area contributed by atoms with Gasteiger partial charge in [-0.1, -0.05) is 17.7 Å². The Morgan fingerprint density at radius 1 is 1.44 bits per heavy atom. The fourth-order valence-corrected chi connectivity index (χ4v) is 1.80. The standard InChI is InChI=1S/C12H15ClN2O/c1-8-5-6-9(13)7-11(8)15-12(16)14-10-3-2-4-10/h5-7,10H,2-4H2,1H3,(H2,14,15,16). The van der Waals surface area contributed by atoms with E-state index in [2.05, 4.69) is 10.6 Å². The number of halogens is 1. The van der Waals surface area contributed by atoms with Crippen molar-refractivity contribution in [3.63, 3.8) is 0 Å². The zero-order chi connectivity index (χ0) is 11.5. The number of anilines is 1. The van der Waals surface area contributed by atoms with E-state index >= 15 is 0 Å². The molecule has 2 amide bonds. The summed E-state index contributed by atoms with van der Waals surface area (Å²) in [4.78, 5) is 11.6. The van der Waals surface area contributed by atoms with Gasteiger partial charge in [-0.2, -0.15) is 0 Å². The first-order valence-corrected chi connectivity index (χ1v) is 5.86. The fraction of sp³-hybridized carbons (Fsp3) is 0.417. The Kier molecular flexibility index (Phi) is 3.34. The average molecular weight is 239 g/mol. The molecule has 1 aliphatic rings. The number of rotatable bonds is 2. The summed E-state index contributed by atoms with van der Waals surface area (Å²) in [5.41, 5.74) is 1.78. The van der Waals surface area contributed by atoms with Crippen LogP contribution >= 0.6 is 11.6 Å². The number of urea groups is 1. The van der Waals surface area contributed by atoms with Crippen LogP contribution in [-0.2, 0) is 0 Å². The summed E-state index contributed by atoms with van der Waals surface area (Å²) in [6.45, 7) is 1.94. The maximum absolute atomic E-state index is 11.6. The Labute approximate surface area is 100 Å². The molecule has 0 spiro atoms. The summed E-state index contributed by atoms with van der Waals surface area (Å²) in [7, 11) is 0. The van der Waals surface area contributed by atoms with Crippen LogP contribution in [0.1, 0.15) is 24.8 Å². The second kappa shape index (κ2) is 4.74. The normalized spacial score (nSPS) is 15.4. The summed E-state index contributed by atoms with van der Waals surface area (Å²) < 4.78 is 0. The number of amides is 2. The second-order valence-corrected chi connectivity index (χ2v) is 4.62. The molecule has 2 N–H and O–H groups in total. The average Bonchev–Trinajstić information content (AvgIpc) is 2.18. The van der Waals surface area contributed by atoms with E-state index in [4.69, 9.17) is 11.6 Å². The Morgan fingerprint density at radius 2 is 2.19 bits per heavy atom. The maximum atomic E-state index is 11.6. The van der Waals surface area contributed by atoms with Crippen LogP contribution in [0.3, 0.4) is 0 Å². The Bertz CT molecular complexity index is 402. The number of carbonyl (C=O) groups excluding carboxylic acids is 1. The highest BCUT2D eigenvalue weighted by molar-refractivity contribution is 6.31. The van der Waals surface area contributed by atoms with Crippen LogP contribution in [0.4, 0.5) is 10.5 Å². The summed E-state index contributed by atoms with van der Waals surface area (Å²) >= 11 is 5.87. The first kappa shape index (κ1) is 11.3. The van der Waals surface area contributed by atoms with E-state index < -0.39 is 0 Å². The molecule has 3 nitrogen and oxygen atoms in total. The molecular weight excluding hydrogens is 224 g/mol. The summed E-state index contributed by atoms with van der Waals surface area (Å²) in [6.07, 6.45) is 3.38. The minimum atomic E-state index is -0.143. The van der Waals surface area contributed by atoms with Crippen LogP contribution in [0.25, 0.3) is 0 Å². The van der Waals surface area contributed by atoms with E-state index in [1.54, 1.807) is 6.07 Å². The fourth-order valence-electron chi connectivity index (χ4n) is 1.63. The SMILES string of the molecule is Cc1ccc(Cl)cc1NC(=O)NC1CCC1. The lowest BCUT2D eigenvalue weighted by molar-refractivity contribution is 0.240. The third kappa shape index (κ3) is 2.67. The summed E-state index contributed by atoms with van der Waals surface area (Å²) in [6, 6.07) is 5.67. The molecule has 1 aromatic carbocycles. The molecule has 0 bridgehead atoms. The number of carbonyl (C=O) groups is 1. The number of hydrogen-bond donors (Lipinski definition) is 2. The highest BCUT2D eigenvalue weighted by atomic mass is 35.5. The van der Waals surface area contributed by atoms with Gasteiger partial charge < -0.3 is 10.6 Å². The van der Waals surface area contributed by atoms with Gasteiger partial charge in [0.2, 0.25) is 0 Å². The van der Waals surface area contributed by atoms with Crippen LogP contribution < -0.4 is 10.6 Å². The van der Waals surface area contributed by atoms with E-state index in [9.17, 15) is 4.79 Å². The van der Waals surface area contributed by atoms with Crippen molar-refractivity contribution in [2.45, 2.75) is 32.2 Å². The minimum absolute atomic E-state index is 0.143. The third-order valence-electron chi connectivity index (χ3n) is 2.89. The Morgan fingerprint density at radius 3 is 2.81 bits per heavy atom. The predicted octanol–water partition coefficient (Wildman–Crippen LogP) is 3.32. The minimum Gasteiger partial charge on any atom is -0.335 e. The molecule has 86 valence electrons. The van der Waals surface area contributed by atoms with E-state index in [0.29, 0.717) is 11.1 Å². The molecule has 16 heavy (non-hydrogen) atoms. The molecule has 4 heteroatoms. The first-order valence-electron chi connectivity index (χ1n) is 5.49. The van der Waals surface area contributed by atoms with Crippen molar-refractivity contribution >= 4 is 23.3 Å². The molecule has 1 aliphatic carbocycles. The lowest BCUT2D eigenvalue weighted by Crippen LogP contribution is -2.41. The van der Waals surface area contributed by atoms with Gasteiger partial charge in [0.1, 0.15) is 0 Å². The van der Waals surface area contributed by atoms with E-state index in [1.165, 1.54) is 6.42 Å². The van der Waals surface area contributed by atoms with Crippen molar-refractivity contribution in [1.82, 2.24) is 5.32 Å². The van der Waals surface area contributed by atoms with Crippen LogP contribution in [0.15, 0.2) is 18.2 Å². The van der Waals surface area contributed by atoms with E-state index in [0.717, 1.165) is 24.1 Å². The van der Waals surface area contributed by atoms with Gasteiger partial charge in [0.25, 0.3) is 0 Å². The van der Waals surface area contributed by atoms with Gasteiger partial charge in [-0.3, -0.25) is 0 Å². The molecule has 0 aliphatic heterocycles. The van der Waals surface area contributed by atoms with Gasteiger partial charge >= 0.3 is 6.03 Å². The lowest BCUT2D eigenvalue weighted by Gasteiger charge is -2.26. The molecule has 1 saturated carbocycles. The zero-order valence-electron chi connectivity index (χ0n) is 9.22. The lowest BCUT2D eigenvalue weighted by atomic mass is 9.93. The van der Waals surface area contributed by atoms with Gasteiger partial charge in [-0.05, 0) is 43.9 Å². The number of benzene rings is 1. The molecular formula is C12H15ClN2O. The van der Waals surface area contributed by atoms with Gasteiger partial charge in [-0.15, -0.1) is 0 Å². The zero-order valence-corrected chi connectivity index (χ0v) is 9.97. The van der Waals surface area contributed by atoms with Crippen LogP contribution in [0, 0.1) is 6.92 Å².